The van der Waals surface area contributed by atoms with Gasteiger partial charge in [0.25, 0.3) is 0 Å². The van der Waals surface area contributed by atoms with E-state index in [0.29, 0.717) is 0 Å². The van der Waals surface area contributed by atoms with Gasteiger partial charge in [-0.1, -0.05) is 121 Å². The SMILES string of the molecule is CC(C)(C)OC(=O)N(CC(=O)OCc1ccccc1)CC(=O)N(CCN(Cc1ccccc1)C(=O)CN(CC(=O)OCc1ccccc1)C(=O)OC(C)(C)C)Cc1ccccc1. The molecule has 14 heteroatoms. The summed E-state index contributed by atoms with van der Waals surface area (Å²) >= 11 is 0. The van der Waals surface area contributed by atoms with Crippen LogP contribution in [0, 0.1) is 0 Å². The minimum atomic E-state index is -0.930. The van der Waals surface area contributed by atoms with Gasteiger partial charge in [-0.3, -0.25) is 29.0 Å². The van der Waals surface area contributed by atoms with Gasteiger partial charge in [-0.2, -0.15) is 0 Å². The van der Waals surface area contributed by atoms with Crippen molar-refractivity contribution in [3.63, 3.8) is 0 Å². The maximum Gasteiger partial charge on any atom is 0.411 e. The number of hydrogen-bond acceptors (Lipinski definition) is 10. The topological polar surface area (TPSA) is 152 Å². The van der Waals surface area contributed by atoms with Gasteiger partial charge in [0, 0.05) is 26.2 Å². The number of esters is 2. The lowest BCUT2D eigenvalue weighted by Gasteiger charge is -2.32. The molecule has 0 aromatic heterocycles. The van der Waals surface area contributed by atoms with Gasteiger partial charge >= 0.3 is 24.1 Å². The first kappa shape index (κ1) is 48.0. The van der Waals surface area contributed by atoms with Crippen molar-refractivity contribution in [2.75, 3.05) is 39.3 Å². The molecular formula is C48H58N4O10. The number of nitrogens with zero attached hydrogens (tertiary/aromatic N) is 4. The zero-order chi connectivity index (χ0) is 45.1. The van der Waals surface area contributed by atoms with Crippen LogP contribution in [0.15, 0.2) is 121 Å². The van der Waals surface area contributed by atoms with Crippen molar-refractivity contribution in [2.45, 2.75) is 79.0 Å². The highest BCUT2D eigenvalue weighted by Gasteiger charge is 2.31. The third-order valence-electron chi connectivity index (χ3n) is 8.86. The minimum Gasteiger partial charge on any atom is -0.459 e. The molecule has 0 radical (unpaired) electrons. The molecule has 330 valence electrons. The molecule has 0 atom stereocenters. The predicted molar refractivity (Wildman–Crippen MR) is 232 cm³/mol. The second-order valence-electron chi connectivity index (χ2n) is 16.6. The van der Waals surface area contributed by atoms with Crippen molar-refractivity contribution in [1.82, 2.24) is 19.6 Å². The summed E-state index contributed by atoms with van der Waals surface area (Å²) in [5.74, 6) is -2.53. The molecule has 0 aliphatic carbocycles. The van der Waals surface area contributed by atoms with E-state index in [9.17, 15) is 28.8 Å². The number of amides is 4. The van der Waals surface area contributed by atoms with E-state index in [1.54, 1.807) is 65.8 Å². The highest BCUT2D eigenvalue weighted by molar-refractivity contribution is 5.86. The van der Waals surface area contributed by atoms with Crippen molar-refractivity contribution in [3.05, 3.63) is 144 Å². The molecule has 0 bridgehead atoms. The van der Waals surface area contributed by atoms with Crippen LogP contribution < -0.4 is 0 Å². The average Bonchev–Trinajstić information content (AvgIpc) is 3.22. The summed E-state index contributed by atoms with van der Waals surface area (Å²) in [6, 6.07) is 36.5. The molecule has 0 saturated heterocycles. The molecule has 0 spiro atoms. The molecule has 0 saturated carbocycles. The molecule has 0 unspecified atom stereocenters. The molecule has 14 nitrogen and oxygen atoms in total. The number of hydrogen-bond donors (Lipinski definition) is 0. The van der Waals surface area contributed by atoms with E-state index in [0.717, 1.165) is 32.1 Å². The second kappa shape index (κ2) is 23.3. The third-order valence-corrected chi connectivity index (χ3v) is 8.86. The average molecular weight is 851 g/mol. The summed E-state index contributed by atoms with van der Waals surface area (Å²) in [5, 5.41) is 0. The van der Waals surface area contributed by atoms with Crippen LogP contribution in [0.4, 0.5) is 9.59 Å². The normalized spacial score (nSPS) is 11.1. The van der Waals surface area contributed by atoms with Crippen LogP contribution in [0.25, 0.3) is 0 Å². The van der Waals surface area contributed by atoms with E-state index in [4.69, 9.17) is 18.9 Å². The summed E-state index contributed by atoms with van der Waals surface area (Å²) < 4.78 is 22.1. The van der Waals surface area contributed by atoms with Gasteiger partial charge in [0.1, 0.15) is 50.6 Å². The van der Waals surface area contributed by atoms with Crippen LogP contribution in [0.1, 0.15) is 63.8 Å². The molecule has 62 heavy (non-hydrogen) atoms. The van der Waals surface area contributed by atoms with Crippen molar-refractivity contribution in [3.8, 4) is 0 Å². The second-order valence-corrected chi connectivity index (χ2v) is 16.6. The summed E-state index contributed by atoms with van der Waals surface area (Å²) in [6.07, 6.45) is -1.76. The summed E-state index contributed by atoms with van der Waals surface area (Å²) in [4.78, 5) is 86.7. The first-order valence-electron chi connectivity index (χ1n) is 20.4. The van der Waals surface area contributed by atoms with Gasteiger partial charge < -0.3 is 28.7 Å². The van der Waals surface area contributed by atoms with Crippen LogP contribution in [0.2, 0.25) is 0 Å². The summed E-state index contributed by atoms with van der Waals surface area (Å²) in [7, 11) is 0. The first-order valence-corrected chi connectivity index (χ1v) is 20.4. The zero-order valence-electron chi connectivity index (χ0n) is 36.5. The predicted octanol–water partition coefficient (Wildman–Crippen LogP) is 7.01. The molecule has 0 aliphatic heterocycles. The Hall–Kier alpha value is -6.70. The van der Waals surface area contributed by atoms with E-state index in [1.165, 1.54) is 9.80 Å². The maximum atomic E-state index is 14.3. The molecular weight excluding hydrogens is 793 g/mol. The number of ether oxygens (including phenoxy) is 4. The van der Waals surface area contributed by atoms with Gasteiger partial charge in [-0.05, 0) is 63.8 Å². The Bertz CT molecular complexity index is 1900. The van der Waals surface area contributed by atoms with Gasteiger partial charge in [-0.15, -0.1) is 0 Å². The van der Waals surface area contributed by atoms with Crippen molar-refractivity contribution in [1.29, 1.82) is 0 Å². The highest BCUT2D eigenvalue weighted by Crippen LogP contribution is 2.15. The number of carbonyl (C=O) groups is 6. The quantitative estimate of drug-likeness (QED) is 0.0712. The van der Waals surface area contributed by atoms with Gasteiger partial charge in [0.2, 0.25) is 11.8 Å². The molecule has 0 heterocycles. The van der Waals surface area contributed by atoms with Gasteiger partial charge in [0.05, 0.1) is 0 Å². The van der Waals surface area contributed by atoms with Crippen molar-refractivity contribution < 1.29 is 47.7 Å². The fourth-order valence-electron chi connectivity index (χ4n) is 5.86. The van der Waals surface area contributed by atoms with Gasteiger partial charge in [0.15, 0.2) is 0 Å². The molecule has 4 aromatic carbocycles. The van der Waals surface area contributed by atoms with Crippen molar-refractivity contribution >= 4 is 35.9 Å². The maximum absolute atomic E-state index is 14.3. The minimum absolute atomic E-state index is 0.0154. The van der Waals surface area contributed by atoms with E-state index >= 15 is 0 Å². The molecule has 0 fully saturated rings. The molecule has 4 rings (SSSR count). The molecule has 4 aromatic rings. The van der Waals surface area contributed by atoms with E-state index in [2.05, 4.69) is 0 Å². The Balaban J connectivity index is 1.57. The molecule has 4 amide bonds. The lowest BCUT2D eigenvalue weighted by atomic mass is 10.2. The largest absolute Gasteiger partial charge is 0.459 e. The fourth-order valence-corrected chi connectivity index (χ4v) is 5.86. The van der Waals surface area contributed by atoms with Crippen LogP contribution in [0.5, 0.6) is 0 Å². The summed E-state index contributed by atoms with van der Waals surface area (Å²) in [5.41, 5.74) is 1.19. The molecule has 0 aliphatic rings. The van der Waals surface area contributed by atoms with Crippen LogP contribution >= 0.6 is 0 Å². The van der Waals surface area contributed by atoms with E-state index in [-0.39, 0.29) is 39.4 Å². The van der Waals surface area contributed by atoms with Crippen LogP contribution in [-0.4, -0.2) is 106 Å². The highest BCUT2D eigenvalue weighted by atomic mass is 16.6. The Kier molecular flexibility index (Phi) is 18.1. The standard InChI is InChI=1S/C48H58N4O10/c1-47(2,3)61-45(57)51(33-43(55)59-35-39-23-15-9-16-24-39)31-41(53)49(29-37-19-11-7-12-20-37)27-28-50(30-38-21-13-8-14-22-38)42(54)32-52(46(58)62-48(4,5)6)34-44(56)60-36-40-25-17-10-18-26-40/h7-26H,27-36H2,1-6H3. The Labute approximate surface area is 364 Å². The lowest BCUT2D eigenvalue weighted by molar-refractivity contribution is -0.148. The van der Waals surface area contributed by atoms with Crippen LogP contribution in [0.3, 0.4) is 0 Å². The monoisotopic (exact) mass is 850 g/mol. The fraction of sp³-hybridized carbons (Fsp3) is 0.375. The Morgan fingerprint density at radius 3 is 0.984 bits per heavy atom. The van der Waals surface area contributed by atoms with Crippen molar-refractivity contribution in [2.24, 2.45) is 0 Å². The molecule has 0 N–H and O–H groups in total. The lowest BCUT2D eigenvalue weighted by Crippen LogP contribution is -2.50. The number of rotatable bonds is 19. The Morgan fingerprint density at radius 1 is 0.403 bits per heavy atom. The zero-order valence-corrected chi connectivity index (χ0v) is 36.5. The van der Waals surface area contributed by atoms with Crippen LogP contribution in [-0.2, 0) is 64.4 Å². The third kappa shape index (κ3) is 17.9. The van der Waals surface area contributed by atoms with E-state index in [1.807, 2.05) is 97.1 Å². The smallest absolute Gasteiger partial charge is 0.411 e. The number of carbonyl (C=O) groups excluding carboxylic acids is 6. The van der Waals surface area contributed by atoms with E-state index < -0.39 is 73.3 Å². The Morgan fingerprint density at radius 2 is 0.694 bits per heavy atom. The first-order chi connectivity index (χ1) is 29.4. The van der Waals surface area contributed by atoms with Gasteiger partial charge in [-0.25, -0.2) is 9.59 Å². The summed E-state index contributed by atoms with van der Waals surface area (Å²) in [6.45, 7) is 8.00. The number of benzene rings is 4.